The third-order valence-electron chi connectivity index (χ3n) is 5.21. The molecular weight excluding hydrogens is 382 g/mol. The normalized spacial score (nSPS) is 16.1. The van der Waals surface area contributed by atoms with Crippen molar-refractivity contribution in [2.45, 2.75) is 25.4 Å². The second-order valence-electron chi connectivity index (χ2n) is 7.18. The lowest BCUT2D eigenvalue weighted by Gasteiger charge is -2.22. The largest absolute Gasteiger partial charge is 0.337 e. The number of carbonyl (C=O) groups is 1. The van der Waals surface area contributed by atoms with E-state index in [0.29, 0.717) is 30.4 Å². The summed E-state index contributed by atoms with van der Waals surface area (Å²) in [7, 11) is 0. The summed E-state index contributed by atoms with van der Waals surface area (Å²) in [4.78, 5) is 19.5. The number of rotatable bonds is 5. The molecule has 0 bridgehead atoms. The van der Waals surface area contributed by atoms with Gasteiger partial charge in [-0.3, -0.25) is 4.79 Å². The van der Waals surface area contributed by atoms with Crippen molar-refractivity contribution in [1.29, 1.82) is 0 Å². The molecule has 2 aromatic heterocycles. The zero-order valence-electron chi connectivity index (χ0n) is 16.1. The maximum absolute atomic E-state index is 13.1. The van der Waals surface area contributed by atoms with Gasteiger partial charge >= 0.3 is 0 Å². The summed E-state index contributed by atoms with van der Waals surface area (Å²) in [5.41, 5.74) is 2.54. The Bertz CT molecular complexity index is 1120. The van der Waals surface area contributed by atoms with Gasteiger partial charge in [0.1, 0.15) is 12.4 Å². The van der Waals surface area contributed by atoms with Crippen LogP contribution in [0.3, 0.4) is 0 Å². The lowest BCUT2D eigenvalue weighted by Crippen LogP contribution is -2.30. The first-order chi connectivity index (χ1) is 14.8. The van der Waals surface area contributed by atoms with Gasteiger partial charge in [0.15, 0.2) is 0 Å². The van der Waals surface area contributed by atoms with Crippen molar-refractivity contribution < 1.29 is 9.32 Å². The van der Waals surface area contributed by atoms with Gasteiger partial charge in [0.25, 0.3) is 5.91 Å². The van der Waals surface area contributed by atoms with Gasteiger partial charge in [-0.1, -0.05) is 47.6 Å². The second kappa shape index (κ2) is 7.86. The molecule has 0 N–H and O–H groups in total. The number of nitrogens with zero attached hydrogens (tertiary/aromatic N) is 7. The Labute approximate surface area is 172 Å². The SMILES string of the molecule is O=C(c1ccc(Cn2cnnn2)cc1)N1CCC[C@H]1c1nc(-c2ccccc2)no1. The molecule has 1 amide bonds. The highest BCUT2D eigenvalue weighted by atomic mass is 16.5. The summed E-state index contributed by atoms with van der Waals surface area (Å²) in [5.74, 6) is 0.984. The monoisotopic (exact) mass is 401 g/mol. The van der Waals surface area contributed by atoms with Crippen molar-refractivity contribution in [2.75, 3.05) is 6.54 Å². The lowest BCUT2D eigenvalue weighted by molar-refractivity contribution is 0.0710. The summed E-state index contributed by atoms with van der Waals surface area (Å²) in [5, 5.41) is 15.2. The summed E-state index contributed by atoms with van der Waals surface area (Å²) >= 11 is 0. The number of hydrogen-bond acceptors (Lipinski definition) is 7. The number of likely N-dealkylation sites (tertiary alicyclic amines) is 1. The fourth-order valence-corrected chi connectivity index (χ4v) is 3.70. The third-order valence-corrected chi connectivity index (χ3v) is 5.21. The highest BCUT2D eigenvalue weighted by Crippen LogP contribution is 2.33. The lowest BCUT2D eigenvalue weighted by atomic mass is 10.1. The van der Waals surface area contributed by atoms with E-state index in [1.165, 1.54) is 0 Å². The topological polar surface area (TPSA) is 103 Å². The van der Waals surface area contributed by atoms with E-state index in [0.717, 1.165) is 24.0 Å². The first-order valence-corrected chi connectivity index (χ1v) is 9.77. The van der Waals surface area contributed by atoms with Crippen LogP contribution >= 0.6 is 0 Å². The predicted molar refractivity (Wildman–Crippen MR) is 106 cm³/mol. The van der Waals surface area contributed by atoms with Gasteiger partial charge in [-0.2, -0.15) is 4.98 Å². The second-order valence-corrected chi connectivity index (χ2v) is 7.18. The molecule has 150 valence electrons. The molecule has 9 heteroatoms. The number of hydrogen-bond donors (Lipinski definition) is 0. The Hall–Kier alpha value is -3.88. The quantitative estimate of drug-likeness (QED) is 0.506. The number of carbonyl (C=O) groups excluding carboxylic acids is 1. The molecule has 3 heterocycles. The van der Waals surface area contributed by atoms with Crippen LogP contribution < -0.4 is 0 Å². The molecule has 30 heavy (non-hydrogen) atoms. The van der Waals surface area contributed by atoms with E-state index in [4.69, 9.17) is 4.52 Å². The molecule has 4 aromatic rings. The van der Waals surface area contributed by atoms with Crippen LogP contribution in [-0.4, -0.2) is 47.7 Å². The van der Waals surface area contributed by atoms with E-state index < -0.39 is 0 Å². The Morgan fingerprint density at radius 2 is 1.93 bits per heavy atom. The molecule has 1 aliphatic heterocycles. The van der Waals surface area contributed by atoms with Crippen LogP contribution in [0.2, 0.25) is 0 Å². The Morgan fingerprint density at radius 1 is 1.10 bits per heavy atom. The molecule has 1 saturated heterocycles. The van der Waals surface area contributed by atoms with Crippen molar-refractivity contribution in [1.82, 2.24) is 35.2 Å². The summed E-state index contributed by atoms with van der Waals surface area (Å²) in [6.07, 6.45) is 3.26. The molecular formula is C21H19N7O2. The fraction of sp³-hybridized carbons (Fsp3) is 0.238. The van der Waals surface area contributed by atoms with E-state index in [9.17, 15) is 4.79 Å². The third kappa shape index (κ3) is 3.57. The van der Waals surface area contributed by atoms with Crippen LogP contribution in [0.5, 0.6) is 0 Å². The minimum Gasteiger partial charge on any atom is -0.337 e. The van der Waals surface area contributed by atoms with Crippen LogP contribution in [0.1, 0.15) is 40.7 Å². The molecule has 0 aliphatic carbocycles. The van der Waals surface area contributed by atoms with Gasteiger partial charge in [0.2, 0.25) is 11.7 Å². The number of benzene rings is 2. The average Bonchev–Trinajstić information content (AvgIpc) is 3.55. The number of amides is 1. The van der Waals surface area contributed by atoms with E-state index in [2.05, 4.69) is 25.7 Å². The van der Waals surface area contributed by atoms with E-state index >= 15 is 0 Å². The van der Waals surface area contributed by atoms with Crippen LogP contribution in [0.25, 0.3) is 11.4 Å². The van der Waals surface area contributed by atoms with E-state index in [1.54, 1.807) is 11.0 Å². The van der Waals surface area contributed by atoms with Crippen LogP contribution in [0.15, 0.2) is 65.4 Å². The first-order valence-electron chi connectivity index (χ1n) is 9.77. The molecule has 0 spiro atoms. The Morgan fingerprint density at radius 3 is 2.70 bits per heavy atom. The van der Waals surface area contributed by atoms with Gasteiger partial charge in [-0.15, -0.1) is 5.10 Å². The van der Waals surface area contributed by atoms with Crippen molar-refractivity contribution in [3.8, 4) is 11.4 Å². The van der Waals surface area contributed by atoms with Crippen LogP contribution in [0.4, 0.5) is 0 Å². The minimum absolute atomic E-state index is 0.0362. The van der Waals surface area contributed by atoms with Crippen LogP contribution in [0, 0.1) is 0 Å². The van der Waals surface area contributed by atoms with Gasteiger partial charge in [-0.05, 0) is 41.0 Å². The highest BCUT2D eigenvalue weighted by molar-refractivity contribution is 5.94. The highest BCUT2D eigenvalue weighted by Gasteiger charge is 2.34. The number of aromatic nitrogens is 6. The molecule has 1 aliphatic rings. The van der Waals surface area contributed by atoms with E-state index in [-0.39, 0.29) is 11.9 Å². The Kier molecular flexibility index (Phi) is 4.76. The molecule has 0 unspecified atom stereocenters. The molecule has 2 aromatic carbocycles. The summed E-state index contributed by atoms with van der Waals surface area (Å²) in [6.45, 7) is 1.22. The number of tetrazole rings is 1. The smallest absolute Gasteiger partial charge is 0.254 e. The average molecular weight is 401 g/mol. The summed E-state index contributed by atoms with van der Waals surface area (Å²) in [6, 6.07) is 17.0. The maximum atomic E-state index is 13.1. The Balaban J connectivity index is 1.32. The minimum atomic E-state index is -0.205. The molecule has 1 atom stereocenters. The molecule has 9 nitrogen and oxygen atoms in total. The fourth-order valence-electron chi connectivity index (χ4n) is 3.70. The molecule has 0 saturated carbocycles. The van der Waals surface area contributed by atoms with Crippen LogP contribution in [-0.2, 0) is 6.54 Å². The van der Waals surface area contributed by atoms with Gasteiger partial charge in [0, 0.05) is 17.7 Å². The molecule has 0 radical (unpaired) electrons. The van der Waals surface area contributed by atoms with E-state index in [1.807, 2.05) is 59.5 Å². The van der Waals surface area contributed by atoms with Crippen molar-refractivity contribution in [3.05, 3.63) is 77.9 Å². The molecule has 5 rings (SSSR count). The molecule has 1 fully saturated rings. The first kappa shape index (κ1) is 18.2. The summed E-state index contributed by atoms with van der Waals surface area (Å²) < 4.78 is 7.15. The standard InChI is InChI=1S/C21H19N7O2/c29-21(17-10-8-15(9-11-17)13-27-14-22-25-26-27)28-12-4-7-18(28)20-23-19(24-30-20)16-5-2-1-3-6-16/h1-3,5-6,8-11,14,18H,4,7,12-13H2/t18-/m0/s1. The maximum Gasteiger partial charge on any atom is 0.254 e. The van der Waals surface area contributed by atoms with Crippen molar-refractivity contribution in [3.63, 3.8) is 0 Å². The van der Waals surface area contributed by atoms with Gasteiger partial charge in [-0.25, -0.2) is 4.68 Å². The zero-order chi connectivity index (χ0) is 20.3. The van der Waals surface area contributed by atoms with Crippen molar-refractivity contribution >= 4 is 5.91 Å². The zero-order valence-corrected chi connectivity index (χ0v) is 16.1. The van der Waals surface area contributed by atoms with Gasteiger partial charge < -0.3 is 9.42 Å². The van der Waals surface area contributed by atoms with Gasteiger partial charge in [0.05, 0.1) is 6.54 Å². The van der Waals surface area contributed by atoms with Crippen molar-refractivity contribution in [2.24, 2.45) is 0 Å². The predicted octanol–water partition coefficient (Wildman–Crippen LogP) is 2.75.